The predicted molar refractivity (Wildman–Crippen MR) is 28.7 cm³/mol. The van der Waals surface area contributed by atoms with E-state index in [0.29, 0.717) is 13.1 Å². The van der Waals surface area contributed by atoms with Crippen LogP contribution in [0.4, 0.5) is 22.0 Å². The van der Waals surface area contributed by atoms with Gasteiger partial charge in [0.05, 0.1) is 5.57 Å². The van der Waals surface area contributed by atoms with Gasteiger partial charge >= 0.3 is 6.18 Å². The molecule has 0 bridgehead atoms. The molecule has 5 heteroatoms. The fourth-order valence-electron chi connectivity index (χ4n) is 0.260. The van der Waals surface area contributed by atoms with Gasteiger partial charge in [-0.25, -0.2) is 0 Å². The van der Waals surface area contributed by atoms with Crippen molar-refractivity contribution in [3.05, 3.63) is 11.4 Å². The molecular formula is C6H3F5. The number of hydrogen-bond donors (Lipinski definition) is 0. The number of rotatable bonds is 0. The summed E-state index contributed by atoms with van der Waals surface area (Å²) in [6.07, 6.45) is -4.25. The van der Waals surface area contributed by atoms with Crippen LogP contribution in [0.3, 0.4) is 0 Å². The van der Waals surface area contributed by atoms with Crippen molar-refractivity contribution in [2.24, 2.45) is 0 Å². The molecule has 0 atom stereocenters. The molecule has 0 saturated heterocycles. The first-order valence-electron chi connectivity index (χ1n) is 2.44. The number of allylic oxidation sites excluding steroid dienone is 2. The van der Waals surface area contributed by atoms with Crippen LogP contribution < -0.4 is 0 Å². The van der Waals surface area contributed by atoms with E-state index in [-0.39, 0.29) is 0 Å². The van der Waals surface area contributed by atoms with Crippen molar-refractivity contribution in [2.45, 2.75) is 13.1 Å². The Balaban J connectivity index is 4.77. The highest BCUT2D eigenvalue weighted by Crippen LogP contribution is 2.27. The predicted octanol–water partition coefficient (Wildman–Crippen LogP) is 2.72. The molecule has 62 valence electrons. The van der Waals surface area contributed by atoms with Gasteiger partial charge in [-0.05, 0) is 6.92 Å². The summed E-state index contributed by atoms with van der Waals surface area (Å²) in [5.41, 5.74) is -1.53. The van der Waals surface area contributed by atoms with Gasteiger partial charge in [-0.2, -0.15) is 17.6 Å². The third-order valence-electron chi connectivity index (χ3n) is 0.911. The molecule has 0 unspecified atom stereocenters. The molecule has 0 fully saturated rings. The van der Waals surface area contributed by atoms with E-state index < -0.39 is 17.6 Å². The third kappa shape index (κ3) is 3.03. The van der Waals surface area contributed by atoms with Crippen LogP contribution in [0.15, 0.2) is 11.4 Å². The summed E-state index contributed by atoms with van der Waals surface area (Å²) < 4.78 is 57.6. The van der Waals surface area contributed by atoms with Gasteiger partial charge in [0.25, 0.3) is 0 Å². The average Bonchev–Trinajstić information content (AvgIpc) is 1.85. The highest BCUT2D eigenvalue weighted by Gasteiger charge is 2.33. The Morgan fingerprint density at radius 1 is 1.27 bits per heavy atom. The molecule has 0 nitrogen and oxygen atoms in total. The van der Waals surface area contributed by atoms with Crippen LogP contribution in [0.2, 0.25) is 0 Å². The van der Waals surface area contributed by atoms with Gasteiger partial charge in [0.15, 0.2) is 5.83 Å². The molecule has 0 saturated carbocycles. The minimum Gasteiger partial charge on any atom is -0.197 e. The highest BCUT2D eigenvalue weighted by atomic mass is 19.4. The van der Waals surface area contributed by atoms with E-state index >= 15 is 0 Å². The number of halogens is 5. The van der Waals surface area contributed by atoms with E-state index in [1.54, 1.807) is 0 Å². The van der Waals surface area contributed by atoms with Crippen LogP contribution in [-0.2, 0) is 0 Å². The first-order chi connectivity index (χ1) is 4.89. The van der Waals surface area contributed by atoms with Crippen LogP contribution in [0.5, 0.6) is 0 Å². The smallest absolute Gasteiger partial charge is 0.197 e. The van der Waals surface area contributed by atoms with Crippen LogP contribution >= 0.6 is 0 Å². The van der Waals surface area contributed by atoms with Crippen LogP contribution in [0.1, 0.15) is 6.92 Å². The van der Waals surface area contributed by atoms with Gasteiger partial charge in [0.2, 0.25) is 0 Å². The van der Waals surface area contributed by atoms with Gasteiger partial charge in [-0.3, -0.25) is 0 Å². The second kappa shape index (κ2) is 3.37. The van der Waals surface area contributed by atoms with E-state index in [9.17, 15) is 22.0 Å². The van der Waals surface area contributed by atoms with Crippen molar-refractivity contribution in [3.8, 4) is 12.1 Å². The van der Waals surface area contributed by atoms with E-state index in [1.165, 1.54) is 0 Å². The topological polar surface area (TPSA) is 0 Å². The van der Waals surface area contributed by atoms with E-state index in [2.05, 4.69) is 0 Å². The number of alkyl halides is 3. The van der Waals surface area contributed by atoms with Gasteiger partial charge in [-0.15, -0.1) is 4.39 Å². The maximum atomic E-state index is 12.0. The average molecular weight is 170 g/mol. The van der Waals surface area contributed by atoms with E-state index in [4.69, 9.17) is 0 Å². The lowest BCUT2D eigenvalue weighted by Crippen LogP contribution is -2.10. The first kappa shape index (κ1) is 9.95. The molecule has 0 aromatic carbocycles. The van der Waals surface area contributed by atoms with E-state index in [1.807, 2.05) is 0 Å². The lowest BCUT2D eigenvalue weighted by molar-refractivity contribution is -0.0928. The maximum Gasteiger partial charge on any atom is 0.415 e. The lowest BCUT2D eigenvalue weighted by atomic mass is 10.2. The molecule has 0 heterocycles. The molecule has 0 spiro atoms. The first-order valence-corrected chi connectivity index (χ1v) is 2.44. The summed E-state index contributed by atoms with van der Waals surface area (Å²) in [4.78, 5) is 0. The molecule has 0 N–H and O–H groups in total. The van der Waals surface area contributed by atoms with Crippen molar-refractivity contribution in [3.63, 3.8) is 0 Å². The van der Waals surface area contributed by atoms with Crippen LogP contribution in [-0.4, -0.2) is 6.18 Å². The Hall–Kier alpha value is -1.05. The van der Waals surface area contributed by atoms with Crippen molar-refractivity contribution in [1.82, 2.24) is 0 Å². The summed E-state index contributed by atoms with van der Waals surface area (Å²) in [5, 5.41) is 0. The summed E-state index contributed by atoms with van der Waals surface area (Å²) >= 11 is 0. The lowest BCUT2D eigenvalue weighted by Gasteiger charge is -2.04. The van der Waals surface area contributed by atoms with Crippen molar-refractivity contribution >= 4 is 0 Å². The van der Waals surface area contributed by atoms with Crippen LogP contribution in [0, 0.1) is 12.1 Å². The van der Waals surface area contributed by atoms with Crippen molar-refractivity contribution < 1.29 is 22.0 Å². The molecule has 0 aliphatic heterocycles. The SMILES string of the molecule is CC(=C(F)C#CF)C(F)(F)F. The van der Waals surface area contributed by atoms with Gasteiger partial charge < -0.3 is 0 Å². The molecule has 0 radical (unpaired) electrons. The Morgan fingerprint density at radius 2 is 1.73 bits per heavy atom. The minimum atomic E-state index is -4.78. The fourth-order valence-corrected chi connectivity index (χ4v) is 0.260. The molecule has 0 aliphatic carbocycles. The Kier molecular flexibility index (Phi) is 3.05. The molecule has 0 aliphatic rings. The van der Waals surface area contributed by atoms with Gasteiger partial charge in [0.1, 0.15) is 6.17 Å². The molecule has 11 heavy (non-hydrogen) atoms. The molecule has 0 rings (SSSR count). The summed E-state index contributed by atoms with van der Waals surface area (Å²) in [6.45, 7) is 0.486. The van der Waals surface area contributed by atoms with Crippen LogP contribution in [0.25, 0.3) is 0 Å². The highest BCUT2D eigenvalue weighted by molar-refractivity contribution is 5.27. The largest absolute Gasteiger partial charge is 0.415 e. The molecule has 0 aromatic rings. The second-order valence-corrected chi connectivity index (χ2v) is 1.66. The van der Waals surface area contributed by atoms with E-state index in [0.717, 1.165) is 5.92 Å². The molecular weight excluding hydrogens is 167 g/mol. The Morgan fingerprint density at radius 3 is 2.00 bits per heavy atom. The van der Waals surface area contributed by atoms with Crippen molar-refractivity contribution in [2.75, 3.05) is 0 Å². The minimum absolute atomic E-state index is 0.486. The zero-order valence-corrected chi connectivity index (χ0v) is 5.39. The van der Waals surface area contributed by atoms with Gasteiger partial charge in [0, 0.05) is 5.92 Å². The second-order valence-electron chi connectivity index (χ2n) is 1.66. The summed E-state index contributed by atoms with van der Waals surface area (Å²) in [7, 11) is 0. The Bertz CT molecular complexity index is 224. The fraction of sp³-hybridized carbons (Fsp3) is 0.333. The molecule has 0 aromatic heterocycles. The zero-order chi connectivity index (χ0) is 9.07. The zero-order valence-electron chi connectivity index (χ0n) is 5.39. The summed E-state index contributed by atoms with van der Waals surface area (Å²) in [5.74, 6) is -0.764. The Labute approximate surface area is 59.7 Å². The third-order valence-corrected chi connectivity index (χ3v) is 0.911. The molecule has 0 amide bonds. The monoisotopic (exact) mass is 170 g/mol. The maximum absolute atomic E-state index is 12.0. The quantitative estimate of drug-likeness (QED) is 0.387. The standard InChI is InChI=1S/C6H3F5/c1-4(6(9,10)11)5(8)2-3-7/h1H3. The number of hydrogen-bond acceptors (Lipinski definition) is 0. The normalized spacial score (nSPS) is 13.3. The summed E-state index contributed by atoms with van der Waals surface area (Å²) in [6, 6.07) is 0. The van der Waals surface area contributed by atoms with Gasteiger partial charge in [-0.1, -0.05) is 0 Å². The van der Waals surface area contributed by atoms with Crippen molar-refractivity contribution in [1.29, 1.82) is 0 Å².